The number of hydrogen-bond acceptors (Lipinski definition) is 3. The molecule has 0 unspecified atom stereocenters. The van der Waals surface area contributed by atoms with Crippen molar-refractivity contribution < 1.29 is 18.7 Å². The Hall–Kier alpha value is -1.91. The second-order valence-electron chi connectivity index (χ2n) is 2.68. The molecular formula is C9H8FNO3. The highest BCUT2D eigenvalue weighted by molar-refractivity contribution is 5.77. The summed E-state index contributed by atoms with van der Waals surface area (Å²) in [6.07, 6.45) is -0.637. The van der Waals surface area contributed by atoms with Crippen molar-refractivity contribution in [3.63, 3.8) is 0 Å². The topological polar surface area (TPSA) is 69.4 Å². The normalized spacial score (nSPS) is 9.57. The smallest absolute Gasteiger partial charge is 0.409 e. The predicted molar refractivity (Wildman–Crippen MR) is 46.7 cm³/mol. The molecule has 2 N–H and O–H groups in total. The zero-order valence-corrected chi connectivity index (χ0v) is 7.41. The molecule has 0 aliphatic heterocycles. The van der Waals surface area contributed by atoms with Gasteiger partial charge >= 0.3 is 6.09 Å². The molecule has 0 aliphatic carbocycles. The molecule has 1 aromatic carbocycles. The molecule has 0 saturated heterocycles. The number of nitrogens with two attached hydrogens (primary N) is 1. The summed E-state index contributed by atoms with van der Waals surface area (Å²) in [5.74, 6) is -0.734. The Morgan fingerprint density at radius 3 is 2.71 bits per heavy atom. The fourth-order valence-electron chi connectivity index (χ4n) is 0.994. The van der Waals surface area contributed by atoms with E-state index in [1.165, 1.54) is 6.07 Å². The van der Waals surface area contributed by atoms with Crippen LogP contribution in [0.3, 0.4) is 0 Å². The summed E-state index contributed by atoms with van der Waals surface area (Å²) in [5.41, 5.74) is 5.14. The summed E-state index contributed by atoms with van der Waals surface area (Å²) in [5, 5.41) is 0. The van der Waals surface area contributed by atoms with Crippen molar-refractivity contribution in [2.24, 2.45) is 5.73 Å². The summed E-state index contributed by atoms with van der Waals surface area (Å²) in [7, 11) is 0. The molecular weight excluding hydrogens is 189 g/mol. The van der Waals surface area contributed by atoms with E-state index in [9.17, 15) is 14.0 Å². The first-order valence-corrected chi connectivity index (χ1v) is 3.77. The lowest BCUT2D eigenvalue weighted by Crippen LogP contribution is -2.17. The minimum atomic E-state index is -1.02. The molecule has 14 heavy (non-hydrogen) atoms. The molecule has 0 aliphatic rings. The van der Waals surface area contributed by atoms with E-state index < -0.39 is 11.9 Å². The van der Waals surface area contributed by atoms with Gasteiger partial charge in [-0.15, -0.1) is 0 Å². The molecule has 0 fully saturated rings. The number of carbonyl (C=O) groups excluding carboxylic acids is 2. The van der Waals surface area contributed by atoms with Crippen molar-refractivity contribution in [1.82, 2.24) is 0 Å². The minimum Gasteiger partial charge on any atom is -0.410 e. The Morgan fingerprint density at radius 1 is 1.57 bits per heavy atom. The van der Waals surface area contributed by atoms with Gasteiger partial charge in [-0.05, 0) is 18.6 Å². The van der Waals surface area contributed by atoms with Crippen molar-refractivity contribution in [3.8, 4) is 5.75 Å². The van der Waals surface area contributed by atoms with Crippen LogP contribution in [0.4, 0.5) is 9.18 Å². The maximum Gasteiger partial charge on any atom is 0.409 e. The molecule has 0 saturated carbocycles. The van der Waals surface area contributed by atoms with Gasteiger partial charge in [0, 0.05) is 6.07 Å². The van der Waals surface area contributed by atoms with Gasteiger partial charge in [-0.3, -0.25) is 4.79 Å². The molecule has 0 atom stereocenters. The van der Waals surface area contributed by atoms with Gasteiger partial charge in [-0.1, -0.05) is 0 Å². The first kappa shape index (κ1) is 10.2. The summed E-state index contributed by atoms with van der Waals surface area (Å²) in [6.45, 7) is 1.57. The quantitative estimate of drug-likeness (QED) is 0.728. The molecule has 0 aromatic heterocycles. The highest BCUT2D eigenvalue weighted by Crippen LogP contribution is 2.21. The van der Waals surface area contributed by atoms with Crippen LogP contribution in [0.25, 0.3) is 0 Å². The third-order valence-electron chi connectivity index (χ3n) is 1.63. The Labute approximate surface area is 79.5 Å². The second kappa shape index (κ2) is 3.87. The zero-order chi connectivity index (χ0) is 10.7. The standard InChI is InChI=1S/C9H8FNO3/c1-5-2-6(4-12)7(10)3-8(5)14-9(11)13/h2-4H,1H3,(H2,11,13). The van der Waals surface area contributed by atoms with Crippen LogP contribution in [0, 0.1) is 12.7 Å². The van der Waals surface area contributed by atoms with Crippen LogP contribution in [0.15, 0.2) is 12.1 Å². The van der Waals surface area contributed by atoms with Gasteiger partial charge in [0.05, 0.1) is 5.56 Å². The number of ether oxygens (including phenoxy) is 1. The highest BCUT2D eigenvalue weighted by atomic mass is 19.1. The van der Waals surface area contributed by atoms with Gasteiger partial charge in [0.1, 0.15) is 11.6 Å². The molecule has 1 rings (SSSR count). The summed E-state index contributed by atoms with van der Waals surface area (Å²) >= 11 is 0. The maximum absolute atomic E-state index is 13.0. The fraction of sp³-hybridized carbons (Fsp3) is 0.111. The van der Waals surface area contributed by atoms with Gasteiger partial charge in [-0.25, -0.2) is 9.18 Å². The molecule has 0 heterocycles. The highest BCUT2D eigenvalue weighted by Gasteiger charge is 2.09. The maximum atomic E-state index is 13.0. The van der Waals surface area contributed by atoms with Crippen molar-refractivity contribution >= 4 is 12.4 Å². The largest absolute Gasteiger partial charge is 0.410 e. The van der Waals surface area contributed by atoms with Crippen molar-refractivity contribution in [2.75, 3.05) is 0 Å². The number of benzene rings is 1. The molecule has 1 amide bonds. The molecule has 0 spiro atoms. The van der Waals surface area contributed by atoms with Crippen molar-refractivity contribution in [3.05, 3.63) is 29.1 Å². The lowest BCUT2D eigenvalue weighted by Gasteiger charge is -2.05. The average Bonchev–Trinajstić information content (AvgIpc) is 2.10. The third kappa shape index (κ3) is 2.07. The first-order chi connectivity index (χ1) is 6.54. The van der Waals surface area contributed by atoms with E-state index in [0.29, 0.717) is 11.8 Å². The van der Waals surface area contributed by atoms with Crippen LogP contribution in [0.5, 0.6) is 5.75 Å². The van der Waals surface area contributed by atoms with Gasteiger partial charge in [-0.2, -0.15) is 0 Å². The number of aryl methyl sites for hydroxylation is 1. The lowest BCUT2D eigenvalue weighted by molar-refractivity contribution is 0.111. The van der Waals surface area contributed by atoms with Crippen LogP contribution in [-0.4, -0.2) is 12.4 Å². The summed E-state index contributed by atoms with van der Waals surface area (Å²) < 4.78 is 17.5. The Morgan fingerprint density at radius 2 is 2.21 bits per heavy atom. The molecule has 0 bridgehead atoms. The van der Waals surface area contributed by atoms with Crippen LogP contribution in [-0.2, 0) is 0 Å². The van der Waals surface area contributed by atoms with Crippen LogP contribution in [0.1, 0.15) is 15.9 Å². The SMILES string of the molecule is Cc1cc(C=O)c(F)cc1OC(N)=O. The first-order valence-electron chi connectivity index (χ1n) is 3.77. The van der Waals surface area contributed by atoms with Crippen LogP contribution in [0.2, 0.25) is 0 Å². The van der Waals surface area contributed by atoms with Gasteiger partial charge in [0.15, 0.2) is 6.29 Å². The monoisotopic (exact) mass is 197 g/mol. The minimum absolute atomic E-state index is 0.0144. The van der Waals surface area contributed by atoms with Gasteiger partial charge < -0.3 is 10.5 Å². The van der Waals surface area contributed by atoms with Gasteiger partial charge in [0.2, 0.25) is 0 Å². The third-order valence-corrected chi connectivity index (χ3v) is 1.63. The van der Waals surface area contributed by atoms with E-state index in [1.54, 1.807) is 6.92 Å². The number of hydrogen-bond donors (Lipinski definition) is 1. The van der Waals surface area contributed by atoms with Crippen LogP contribution < -0.4 is 10.5 Å². The Balaban J connectivity index is 3.14. The van der Waals surface area contributed by atoms with E-state index in [-0.39, 0.29) is 11.3 Å². The van der Waals surface area contributed by atoms with E-state index in [0.717, 1.165) is 6.07 Å². The van der Waals surface area contributed by atoms with Crippen molar-refractivity contribution in [1.29, 1.82) is 0 Å². The summed E-state index contributed by atoms with van der Waals surface area (Å²) in [6, 6.07) is 2.23. The van der Waals surface area contributed by atoms with E-state index >= 15 is 0 Å². The number of primary amides is 1. The Kier molecular flexibility index (Phi) is 2.81. The molecule has 0 radical (unpaired) electrons. The lowest BCUT2D eigenvalue weighted by atomic mass is 10.1. The summed E-state index contributed by atoms with van der Waals surface area (Å²) in [4.78, 5) is 20.7. The van der Waals surface area contributed by atoms with Gasteiger partial charge in [0.25, 0.3) is 0 Å². The Bertz CT molecular complexity index is 390. The van der Waals surface area contributed by atoms with E-state index in [2.05, 4.69) is 4.74 Å². The van der Waals surface area contributed by atoms with E-state index in [1.807, 2.05) is 0 Å². The average molecular weight is 197 g/mol. The van der Waals surface area contributed by atoms with E-state index in [4.69, 9.17) is 5.73 Å². The predicted octanol–water partition coefficient (Wildman–Crippen LogP) is 1.40. The molecule has 4 nitrogen and oxygen atoms in total. The zero-order valence-electron chi connectivity index (χ0n) is 7.41. The fourth-order valence-corrected chi connectivity index (χ4v) is 0.994. The molecule has 5 heteroatoms. The second-order valence-corrected chi connectivity index (χ2v) is 2.68. The van der Waals surface area contributed by atoms with Crippen LogP contribution >= 0.6 is 0 Å². The number of amides is 1. The number of carbonyl (C=O) groups is 2. The number of halogens is 1. The number of aldehydes is 1. The van der Waals surface area contributed by atoms with Crippen molar-refractivity contribution in [2.45, 2.75) is 6.92 Å². The molecule has 1 aromatic rings. The number of rotatable bonds is 2. The molecule has 74 valence electrons.